The summed E-state index contributed by atoms with van der Waals surface area (Å²) < 4.78 is 8.21. The zero-order valence-electron chi connectivity index (χ0n) is 8.15. The minimum absolute atomic E-state index is 0.0158. The van der Waals surface area contributed by atoms with Crippen LogP contribution in [0.1, 0.15) is 19.3 Å². The van der Waals surface area contributed by atoms with Crippen molar-refractivity contribution >= 4 is 8.37 Å². The van der Waals surface area contributed by atoms with Crippen LogP contribution in [-0.4, -0.2) is 53.3 Å². The molecule has 0 aromatic carbocycles. The Morgan fingerprint density at radius 2 is 0.846 bits per heavy atom. The van der Waals surface area contributed by atoms with Crippen molar-refractivity contribution in [3.63, 3.8) is 0 Å². The molecule has 3 aliphatic rings. The maximum Gasteiger partial charge on any atom is 0.120 e. The van der Waals surface area contributed by atoms with Crippen molar-refractivity contribution in [1.29, 1.82) is 0 Å². The van der Waals surface area contributed by atoms with E-state index in [9.17, 15) is 0 Å². The first-order chi connectivity index (χ1) is 6.45. The van der Waals surface area contributed by atoms with Crippen LogP contribution in [0.4, 0.5) is 0 Å². The van der Waals surface area contributed by atoms with Crippen molar-refractivity contribution < 1.29 is 0 Å². The molecule has 0 aromatic heterocycles. The summed E-state index contributed by atoms with van der Waals surface area (Å²) in [6.07, 6.45) is 4.19. The van der Waals surface area contributed by atoms with Crippen molar-refractivity contribution in [3.05, 3.63) is 0 Å². The van der Waals surface area contributed by atoms with Crippen LogP contribution in [0.5, 0.6) is 0 Å². The third-order valence-electron chi connectivity index (χ3n) is 3.26. The van der Waals surface area contributed by atoms with Gasteiger partial charge in [0.15, 0.2) is 0 Å². The summed E-state index contributed by atoms with van der Waals surface area (Å²) >= 11 is 0. The summed E-state index contributed by atoms with van der Waals surface area (Å²) in [6.45, 7) is 8.16. The van der Waals surface area contributed by atoms with E-state index in [4.69, 9.17) is 0 Å². The van der Waals surface area contributed by atoms with Gasteiger partial charge in [0.2, 0.25) is 0 Å². The average molecular weight is 199 g/mol. The van der Waals surface area contributed by atoms with Crippen LogP contribution in [-0.2, 0) is 0 Å². The molecule has 0 amide bonds. The fourth-order valence-corrected chi connectivity index (χ4v) is 5.71. The third kappa shape index (κ3) is 1.42. The molecular weight excluding hydrogens is 181 g/mol. The predicted octanol–water partition coefficient (Wildman–Crippen LogP) is 1.33. The minimum Gasteiger partial charge on any atom is -0.257 e. The summed E-state index contributed by atoms with van der Waals surface area (Å²) in [4.78, 5) is 0. The van der Waals surface area contributed by atoms with E-state index in [-0.39, 0.29) is 8.37 Å². The monoisotopic (exact) mass is 199 g/mol. The number of rotatable bonds is 0. The van der Waals surface area contributed by atoms with Crippen LogP contribution < -0.4 is 0 Å². The largest absolute Gasteiger partial charge is 0.257 e. The molecule has 74 valence electrons. The predicted molar refractivity (Wildman–Crippen MR) is 55.5 cm³/mol. The molecule has 0 bridgehead atoms. The molecule has 0 aliphatic carbocycles. The molecule has 3 nitrogen and oxygen atoms in total. The first kappa shape index (κ1) is 8.60. The molecule has 3 heterocycles. The first-order valence-corrected chi connectivity index (χ1v) is 6.70. The zero-order chi connectivity index (χ0) is 8.67. The molecule has 0 spiro atoms. The second-order valence-electron chi connectivity index (χ2n) is 4.19. The molecule has 0 unspecified atom stereocenters. The van der Waals surface area contributed by atoms with Gasteiger partial charge >= 0.3 is 0 Å². The lowest BCUT2D eigenvalue weighted by Crippen LogP contribution is -2.50. The highest BCUT2D eigenvalue weighted by Crippen LogP contribution is 2.54. The summed E-state index contributed by atoms with van der Waals surface area (Å²) in [5, 5.41) is 0. The Bertz CT molecular complexity index is 154. The van der Waals surface area contributed by atoms with Gasteiger partial charge in [-0.2, -0.15) is 0 Å². The Morgan fingerprint density at radius 3 is 1.15 bits per heavy atom. The average Bonchev–Trinajstić information content (AvgIpc) is 2.19. The molecule has 0 atom stereocenters. The molecule has 4 heteroatoms. The summed E-state index contributed by atoms with van der Waals surface area (Å²) in [7, 11) is 0.0158. The summed E-state index contributed by atoms with van der Waals surface area (Å²) in [5.74, 6) is 0. The minimum atomic E-state index is 0.0158. The molecule has 3 rings (SSSR count). The molecule has 3 fully saturated rings. The van der Waals surface area contributed by atoms with Crippen LogP contribution in [0, 0.1) is 0 Å². The van der Waals surface area contributed by atoms with Crippen LogP contribution >= 0.6 is 8.37 Å². The van der Waals surface area contributed by atoms with Gasteiger partial charge in [0.05, 0.1) is 0 Å². The number of hydrogen-bond acceptors (Lipinski definition) is 3. The van der Waals surface area contributed by atoms with Gasteiger partial charge in [-0.25, -0.2) is 0 Å². The highest BCUT2D eigenvalue weighted by atomic mass is 31.2. The third-order valence-corrected chi connectivity index (χ3v) is 5.97. The molecule has 0 radical (unpaired) electrons. The van der Waals surface area contributed by atoms with Crippen molar-refractivity contribution in [2.45, 2.75) is 19.3 Å². The maximum absolute atomic E-state index is 2.74. The maximum atomic E-state index is 2.74. The van der Waals surface area contributed by atoms with E-state index in [1.165, 1.54) is 58.5 Å². The van der Waals surface area contributed by atoms with Gasteiger partial charge in [0.1, 0.15) is 8.37 Å². The van der Waals surface area contributed by atoms with Gasteiger partial charge in [0, 0.05) is 39.3 Å². The molecular formula is C9H18N3P. The van der Waals surface area contributed by atoms with Gasteiger partial charge < -0.3 is 0 Å². The van der Waals surface area contributed by atoms with Crippen molar-refractivity contribution in [1.82, 2.24) is 14.0 Å². The second-order valence-corrected chi connectivity index (χ2v) is 6.42. The second kappa shape index (κ2) is 3.47. The summed E-state index contributed by atoms with van der Waals surface area (Å²) in [5.41, 5.74) is 0. The topological polar surface area (TPSA) is 9.72 Å². The Balaban J connectivity index is 1.82. The van der Waals surface area contributed by atoms with Crippen LogP contribution in [0.2, 0.25) is 0 Å². The van der Waals surface area contributed by atoms with Crippen LogP contribution in [0.15, 0.2) is 0 Å². The lowest BCUT2D eigenvalue weighted by molar-refractivity contribution is 0.204. The van der Waals surface area contributed by atoms with Crippen molar-refractivity contribution in [2.24, 2.45) is 0 Å². The Hall–Kier alpha value is 0.310. The fraction of sp³-hybridized carbons (Fsp3) is 1.00. The first-order valence-electron chi connectivity index (χ1n) is 5.50. The van der Waals surface area contributed by atoms with Gasteiger partial charge in [0.25, 0.3) is 0 Å². The van der Waals surface area contributed by atoms with E-state index < -0.39 is 0 Å². The zero-order valence-corrected chi connectivity index (χ0v) is 9.05. The van der Waals surface area contributed by atoms with E-state index in [0.29, 0.717) is 0 Å². The standard InChI is InChI=1S/C9H18N3P/c1-4-10-6-2-8-12-9-3-7-11(5-1)13(10)12/h1-9H2. The number of hydrogen-bond donors (Lipinski definition) is 0. The van der Waals surface area contributed by atoms with Crippen LogP contribution in [0.25, 0.3) is 0 Å². The molecule has 13 heavy (non-hydrogen) atoms. The van der Waals surface area contributed by atoms with Gasteiger partial charge in [-0.05, 0) is 19.3 Å². The highest BCUT2D eigenvalue weighted by molar-refractivity contribution is 7.50. The fourth-order valence-electron chi connectivity index (χ4n) is 2.72. The van der Waals surface area contributed by atoms with E-state index in [0.717, 1.165) is 0 Å². The van der Waals surface area contributed by atoms with Gasteiger partial charge in [-0.3, -0.25) is 14.0 Å². The quantitative estimate of drug-likeness (QED) is 0.545. The molecule has 0 saturated carbocycles. The number of nitrogens with zero attached hydrogens (tertiary/aromatic N) is 3. The van der Waals surface area contributed by atoms with Crippen molar-refractivity contribution in [2.75, 3.05) is 39.3 Å². The SMILES string of the molecule is C1CN2CCCN3CCCN(C1)P23. The molecule has 0 N–H and O–H groups in total. The van der Waals surface area contributed by atoms with E-state index >= 15 is 0 Å². The normalized spacial score (nSPS) is 33.2. The Kier molecular flexibility index (Phi) is 2.30. The van der Waals surface area contributed by atoms with Gasteiger partial charge in [-0.15, -0.1) is 0 Å². The van der Waals surface area contributed by atoms with E-state index in [1.807, 2.05) is 0 Å². The molecule has 3 saturated heterocycles. The van der Waals surface area contributed by atoms with E-state index in [1.54, 1.807) is 0 Å². The summed E-state index contributed by atoms with van der Waals surface area (Å²) in [6, 6.07) is 0. The van der Waals surface area contributed by atoms with E-state index in [2.05, 4.69) is 14.0 Å². The Labute approximate surface area is 81.6 Å². The molecule has 0 aromatic rings. The lowest BCUT2D eigenvalue weighted by atomic mass is 10.3. The molecule has 3 aliphatic heterocycles. The lowest BCUT2D eigenvalue weighted by Gasteiger charge is -2.53. The van der Waals surface area contributed by atoms with Crippen molar-refractivity contribution in [3.8, 4) is 0 Å². The smallest absolute Gasteiger partial charge is 0.120 e. The van der Waals surface area contributed by atoms with Crippen LogP contribution in [0.3, 0.4) is 0 Å². The van der Waals surface area contributed by atoms with Gasteiger partial charge in [-0.1, -0.05) is 0 Å². The highest BCUT2D eigenvalue weighted by Gasteiger charge is 2.38. The Morgan fingerprint density at radius 1 is 0.538 bits per heavy atom.